The summed E-state index contributed by atoms with van der Waals surface area (Å²) in [6, 6.07) is 13.6. The lowest BCUT2D eigenvalue weighted by atomic mass is 10.0. The Bertz CT molecular complexity index is 1330. The maximum Gasteiger partial charge on any atom is 0.258 e. The molecule has 1 aliphatic rings. The summed E-state index contributed by atoms with van der Waals surface area (Å²) in [7, 11) is -3.13. The summed E-state index contributed by atoms with van der Waals surface area (Å²) in [6.07, 6.45) is 0.370. The fourth-order valence-corrected chi connectivity index (χ4v) is 5.81. The van der Waals surface area contributed by atoms with E-state index < -0.39 is 21.3 Å². The molecule has 0 radical (unpaired) electrons. The van der Waals surface area contributed by atoms with E-state index in [0.29, 0.717) is 34.6 Å². The van der Waals surface area contributed by atoms with Crippen LogP contribution in [0.3, 0.4) is 0 Å². The molecular formula is C23H23NO7S. The highest BCUT2D eigenvalue weighted by Gasteiger charge is 2.39. The zero-order valence-electron chi connectivity index (χ0n) is 17.7. The molecule has 8 nitrogen and oxygen atoms in total. The zero-order valence-corrected chi connectivity index (χ0v) is 18.5. The molecular weight excluding hydrogens is 434 g/mol. The van der Waals surface area contributed by atoms with Gasteiger partial charge in [0.05, 0.1) is 22.4 Å². The summed E-state index contributed by atoms with van der Waals surface area (Å²) >= 11 is 0. The van der Waals surface area contributed by atoms with Gasteiger partial charge in [-0.1, -0.05) is 18.2 Å². The standard InChI is InChI=1S/C23H23NO7S/c1-15-22(31-16-6-4-3-5-7-16)21(26)18-9-8-17(12-19(18)30-15)29-13-20(25)24-23(2)10-11-32(27,28)14-23/h3-9,12H,10-11,13-14H2,1-2H3,(H,24,25)/t23-/m1/s1. The lowest BCUT2D eigenvalue weighted by Gasteiger charge is -2.23. The first-order valence-electron chi connectivity index (χ1n) is 10.1. The van der Waals surface area contributed by atoms with Crippen LogP contribution in [0.4, 0.5) is 0 Å². The number of benzene rings is 2. The number of hydrogen-bond donors (Lipinski definition) is 1. The molecule has 1 fully saturated rings. The van der Waals surface area contributed by atoms with Crippen LogP contribution in [0.2, 0.25) is 0 Å². The highest BCUT2D eigenvalue weighted by Crippen LogP contribution is 2.27. The molecule has 1 atom stereocenters. The number of carbonyl (C=O) groups is 1. The van der Waals surface area contributed by atoms with E-state index in [4.69, 9.17) is 13.9 Å². The van der Waals surface area contributed by atoms with Crippen LogP contribution >= 0.6 is 0 Å². The third-order valence-corrected chi connectivity index (χ3v) is 7.17. The molecule has 2 heterocycles. The molecule has 9 heteroatoms. The van der Waals surface area contributed by atoms with Gasteiger partial charge < -0.3 is 19.2 Å². The predicted molar refractivity (Wildman–Crippen MR) is 119 cm³/mol. The van der Waals surface area contributed by atoms with Gasteiger partial charge >= 0.3 is 0 Å². The number of hydrogen-bond acceptors (Lipinski definition) is 7. The SMILES string of the molecule is Cc1oc2cc(OCC(=O)N[C@]3(C)CCS(=O)(=O)C3)ccc2c(=O)c1Oc1ccccc1. The molecule has 3 aromatic rings. The Balaban J connectivity index is 1.47. The molecule has 1 aliphatic heterocycles. The van der Waals surface area contributed by atoms with E-state index in [1.165, 1.54) is 6.07 Å². The van der Waals surface area contributed by atoms with E-state index in [0.717, 1.165) is 0 Å². The van der Waals surface area contributed by atoms with Crippen molar-refractivity contribution in [3.8, 4) is 17.2 Å². The Morgan fingerprint density at radius 1 is 1.16 bits per heavy atom. The van der Waals surface area contributed by atoms with Crippen molar-refractivity contribution < 1.29 is 27.1 Å². The first kappa shape index (κ1) is 21.9. The molecule has 1 amide bonds. The van der Waals surface area contributed by atoms with Gasteiger partial charge in [-0.05, 0) is 44.5 Å². The van der Waals surface area contributed by atoms with Crippen LogP contribution in [0.5, 0.6) is 17.2 Å². The van der Waals surface area contributed by atoms with Crippen LogP contribution in [0.1, 0.15) is 19.1 Å². The fourth-order valence-electron chi connectivity index (χ4n) is 3.71. The highest BCUT2D eigenvalue weighted by molar-refractivity contribution is 7.91. The quantitative estimate of drug-likeness (QED) is 0.606. The number of para-hydroxylation sites is 1. The number of carbonyl (C=O) groups excluding carboxylic acids is 1. The largest absolute Gasteiger partial charge is 0.484 e. The van der Waals surface area contributed by atoms with Gasteiger partial charge in [0, 0.05) is 6.07 Å². The average molecular weight is 458 g/mol. The van der Waals surface area contributed by atoms with Crippen molar-refractivity contribution in [3.63, 3.8) is 0 Å². The summed E-state index contributed by atoms with van der Waals surface area (Å²) < 4.78 is 40.4. The number of amides is 1. The molecule has 168 valence electrons. The van der Waals surface area contributed by atoms with Gasteiger partial charge in [-0.3, -0.25) is 9.59 Å². The van der Waals surface area contributed by atoms with E-state index in [9.17, 15) is 18.0 Å². The van der Waals surface area contributed by atoms with Crippen LogP contribution in [0.15, 0.2) is 57.7 Å². The van der Waals surface area contributed by atoms with Crippen molar-refractivity contribution >= 4 is 26.7 Å². The van der Waals surface area contributed by atoms with Crippen molar-refractivity contribution in [2.45, 2.75) is 25.8 Å². The van der Waals surface area contributed by atoms with Gasteiger partial charge in [-0.15, -0.1) is 0 Å². The normalized spacial score (nSPS) is 19.6. The van der Waals surface area contributed by atoms with Crippen LogP contribution in [0, 0.1) is 6.92 Å². The second-order valence-corrected chi connectivity index (χ2v) is 10.3. The topological polar surface area (TPSA) is 112 Å². The molecule has 2 aromatic carbocycles. The van der Waals surface area contributed by atoms with E-state index in [-0.39, 0.29) is 29.3 Å². The van der Waals surface area contributed by atoms with Gasteiger partial charge in [0.1, 0.15) is 22.8 Å². The summed E-state index contributed by atoms with van der Waals surface area (Å²) in [5.74, 6) is 0.846. The van der Waals surface area contributed by atoms with E-state index in [1.807, 2.05) is 6.07 Å². The van der Waals surface area contributed by atoms with Crippen molar-refractivity contribution in [2.24, 2.45) is 0 Å². The van der Waals surface area contributed by atoms with Crippen LogP contribution < -0.4 is 20.2 Å². The van der Waals surface area contributed by atoms with Gasteiger partial charge in [-0.25, -0.2) is 8.42 Å². The van der Waals surface area contributed by atoms with Gasteiger partial charge in [-0.2, -0.15) is 0 Å². The number of sulfone groups is 1. The molecule has 4 rings (SSSR count). The molecule has 1 N–H and O–H groups in total. The van der Waals surface area contributed by atoms with Gasteiger partial charge in [0.25, 0.3) is 5.91 Å². The Morgan fingerprint density at radius 2 is 1.91 bits per heavy atom. The predicted octanol–water partition coefficient (Wildman–Crippen LogP) is 2.97. The molecule has 0 spiro atoms. The summed E-state index contributed by atoms with van der Waals surface area (Å²) in [5, 5.41) is 3.06. The Labute approximate surface area is 185 Å². The Hall–Kier alpha value is -3.33. The summed E-state index contributed by atoms with van der Waals surface area (Å²) in [6.45, 7) is 3.05. The number of fused-ring (bicyclic) bond motifs is 1. The average Bonchev–Trinajstić information content (AvgIpc) is 3.02. The number of rotatable bonds is 6. The maximum atomic E-state index is 12.9. The first-order valence-corrected chi connectivity index (χ1v) is 11.9. The number of ether oxygens (including phenoxy) is 2. The monoisotopic (exact) mass is 457 g/mol. The summed E-state index contributed by atoms with van der Waals surface area (Å²) in [5.41, 5.74) is -0.797. The lowest BCUT2D eigenvalue weighted by Crippen LogP contribution is -2.48. The Kier molecular flexibility index (Phi) is 5.68. The van der Waals surface area contributed by atoms with E-state index in [2.05, 4.69) is 5.32 Å². The van der Waals surface area contributed by atoms with Crippen molar-refractivity contribution in [1.29, 1.82) is 0 Å². The van der Waals surface area contributed by atoms with Crippen molar-refractivity contribution in [2.75, 3.05) is 18.1 Å². The first-order chi connectivity index (χ1) is 15.1. The second-order valence-electron chi connectivity index (χ2n) is 8.13. The summed E-state index contributed by atoms with van der Waals surface area (Å²) in [4.78, 5) is 25.1. The second kappa shape index (κ2) is 8.31. The smallest absolute Gasteiger partial charge is 0.258 e. The van der Waals surface area contributed by atoms with Gasteiger partial charge in [0.2, 0.25) is 11.2 Å². The molecule has 1 saturated heterocycles. The van der Waals surface area contributed by atoms with Crippen LogP contribution in [-0.4, -0.2) is 38.0 Å². The number of aryl methyl sites for hydroxylation is 1. The zero-order chi connectivity index (χ0) is 22.9. The third kappa shape index (κ3) is 4.77. The molecule has 0 saturated carbocycles. The molecule has 32 heavy (non-hydrogen) atoms. The maximum absolute atomic E-state index is 12.9. The molecule has 0 bridgehead atoms. The number of nitrogens with one attached hydrogen (secondary N) is 1. The van der Waals surface area contributed by atoms with Crippen LogP contribution in [-0.2, 0) is 14.6 Å². The highest BCUT2D eigenvalue weighted by atomic mass is 32.2. The Morgan fingerprint density at radius 3 is 2.59 bits per heavy atom. The minimum Gasteiger partial charge on any atom is -0.484 e. The van der Waals surface area contributed by atoms with Crippen molar-refractivity contribution in [1.82, 2.24) is 5.32 Å². The molecule has 1 aromatic heterocycles. The van der Waals surface area contributed by atoms with Crippen LogP contribution in [0.25, 0.3) is 11.0 Å². The minimum atomic E-state index is -3.13. The van der Waals surface area contributed by atoms with E-state index in [1.54, 1.807) is 50.2 Å². The molecule has 0 aliphatic carbocycles. The van der Waals surface area contributed by atoms with E-state index >= 15 is 0 Å². The fraction of sp³-hybridized carbons (Fsp3) is 0.304. The third-order valence-electron chi connectivity index (χ3n) is 5.26. The van der Waals surface area contributed by atoms with Crippen molar-refractivity contribution in [3.05, 3.63) is 64.5 Å². The molecule has 0 unspecified atom stereocenters. The minimum absolute atomic E-state index is 0.0592. The lowest BCUT2D eigenvalue weighted by molar-refractivity contribution is -0.124. The van der Waals surface area contributed by atoms with Gasteiger partial charge in [0.15, 0.2) is 16.4 Å².